The van der Waals surface area contributed by atoms with Crippen molar-refractivity contribution < 1.29 is 9.90 Å². The van der Waals surface area contributed by atoms with E-state index < -0.39 is 6.10 Å². The predicted molar refractivity (Wildman–Crippen MR) is 47.5 cm³/mol. The molecule has 1 unspecified atom stereocenters. The van der Waals surface area contributed by atoms with Crippen LogP contribution in [-0.4, -0.2) is 30.0 Å². The zero-order valence-electron chi connectivity index (χ0n) is 7.46. The summed E-state index contributed by atoms with van der Waals surface area (Å²) in [5.41, 5.74) is 2.83. The van der Waals surface area contributed by atoms with Crippen LogP contribution in [0.4, 0.5) is 0 Å². The molecule has 0 fully saturated rings. The minimum Gasteiger partial charge on any atom is -0.392 e. The summed E-state index contributed by atoms with van der Waals surface area (Å²) < 4.78 is 0. The molecule has 0 radical (unpaired) electrons. The van der Waals surface area contributed by atoms with Gasteiger partial charge in [0.15, 0.2) is 5.84 Å². The smallest absolute Gasteiger partial charge is 0.276 e. The average Bonchev–Trinajstić information content (AvgIpc) is 2.08. The summed E-state index contributed by atoms with van der Waals surface area (Å²) in [6.45, 7) is 1.52. The first-order valence-corrected chi connectivity index (χ1v) is 3.85. The van der Waals surface area contributed by atoms with Gasteiger partial charge in [0.1, 0.15) is 11.8 Å². The second-order valence-electron chi connectivity index (χ2n) is 2.59. The number of hydrogen-bond acceptors (Lipinski definition) is 5. The molecule has 1 atom stereocenters. The number of nitrogens with zero attached hydrogens (tertiary/aromatic N) is 1. The third-order valence-corrected chi connectivity index (χ3v) is 1.47. The van der Waals surface area contributed by atoms with Crippen molar-refractivity contribution in [2.75, 3.05) is 7.05 Å². The van der Waals surface area contributed by atoms with E-state index in [2.05, 4.69) is 21.2 Å². The van der Waals surface area contributed by atoms with Crippen molar-refractivity contribution in [3.8, 4) is 0 Å². The normalized spacial score (nSPS) is 21.6. The molecule has 0 spiro atoms. The van der Waals surface area contributed by atoms with Crippen LogP contribution >= 0.6 is 0 Å². The lowest BCUT2D eigenvalue weighted by atomic mass is 10.3. The van der Waals surface area contributed by atoms with Gasteiger partial charge in [0, 0.05) is 13.2 Å². The van der Waals surface area contributed by atoms with Crippen molar-refractivity contribution in [1.29, 1.82) is 0 Å². The van der Waals surface area contributed by atoms with E-state index in [4.69, 9.17) is 5.11 Å². The topological polar surface area (TPSA) is 85.8 Å². The first-order valence-electron chi connectivity index (χ1n) is 3.85. The maximum absolute atomic E-state index is 11.2. The summed E-state index contributed by atoms with van der Waals surface area (Å²) in [5.74, 6) is -0.0986. The first-order chi connectivity index (χ1) is 6.15. The van der Waals surface area contributed by atoms with E-state index >= 15 is 0 Å². The predicted octanol–water partition coefficient (Wildman–Crippen LogP) is -1.54. The zero-order chi connectivity index (χ0) is 9.84. The van der Waals surface area contributed by atoms with Crippen molar-refractivity contribution in [2.45, 2.75) is 13.0 Å². The zero-order valence-corrected chi connectivity index (χ0v) is 7.46. The van der Waals surface area contributed by atoms with E-state index in [1.54, 1.807) is 7.05 Å². The molecule has 13 heavy (non-hydrogen) atoms. The van der Waals surface area contributed by atoms with Crippen molar-refractivity contribution in [3.63, 3.8) is 0 Å². The highest BCUT2D eigenvalue weighted by atomic mass is 16.3. The van der Waals surface area contributed by atoms with Crippen LogP contribution in [0.25, 0.3) is 0 Å². The third-order valence-electron chi connectivity index (χ3n) is 1.47. The monoisotopic (exact) mass is 184 g/mol. The molecule has 0 saturated heterocycles. The van der Waals surface area contributed by atoms with Crippen LogP contribution in [0.2, 0.25) is 0 Å². The fourth-order valence-corrected chi connectivity index (χ4v) is 0.823. The average molecular weight is 184 g/mol. The number of amidine groups is 1. The van der Waals surface area contributed by atoms with Crippen LogP contribution in [0.5, 0.6) is 0 Å². The number of aliphatic hydroxyl groups excluding tert-OH is 1. The second kappa shape index (κ2) is 3.90. The van der Waals surface area contributed by atoms with Crippen LogP contribution in [-0.2, 0) is 4.79 Å². The van der Waals surface area contributed by atoms with Crippen LogP contribution in [0.3, 0.4) is 0 Å². The fraction of sp³-hybridized carbons (Fsp3) is 0.429. The summed E-state index contributed by atoms with van der Waals surface area (Å²) >= 11 is 0. The van der Waals surface area contributed by atoms with Gasteiger partial charge in [-0.1, -0.05) is 0 Å². The largest absolute Gasteiger partial charge is 0.392 e. The Morgan fingerprint density at radius 1 is 1.69 bits per heavy atom. The Morgan fingerprint density at radius 2 is 2.38 bits per heavy atom. The van der Waals surface area contributed by atoms with Crippen LogP contribution < -0.4 is 16.1 Å². The highest BCUT2D eigenvalue weighted by molar-refractivity contribution is 6.08. The maximum atomic E-state index is 11.2. The maximum Gasteiger partial charge on any atom is 0.276 e. The fourth-order valence-electron chi connectivity index (χ4n) is 0.823. The summed E-state index contributed by atoms with van der Waals surface area (Å²) in [4.78, 5) is 11.2. The minimum absolute atomic E-state index is 0.221. The van der Waals surface area contributed by atoms with Gasteiger partial charge in [-0.25, -0.2) is 0 Å². The Bertz CT molecular complexity index is 270. The number of amides is 1. The molecule has 0 bridgehead atoms. The number of carbonyl (C=O) groups is 1. The van der Waals surface area contributed by atoms with Gasteiger partial charge < -0.3 is 15.7 Å². The molecular formula is C7H12N4O2. The van der Waals surface area contributed by atoms with Gasteiger partial charge in [-0.3, -0.25) is 10.2 Å². The molecule has 0 aliphatic carbocycles. The van der Waals surface area contributed by atoms with Gasteiger partial charge in [-0.2, -0.15) is 5.10 Å². The van der Waals surface area contributed by atoms with Crippen molar-refractivity contribution >= 4 is 11.7 Å². The molecule has 0 aromatic carbocycles. The van der Waals surface area contributed by atoms with Crippen LogP contribution in [0, 0.1) is 0 Å². The second-order valence-corrected chi connectivity index (χ2v) is 2.59. The van der Waals surface area contributed by atoms with E-state index in [-0.39, 0.29) is 11.7 Å². The Hall–Kier alpha value is -1.56. The van der Waals surface area contributed by atoms with E-state index in [0.717, 1.165) is 0 Å². The molecule has 6 heteroatoms. The highest BCUT2D eigenvalue weighted by Gasteiger charge is 2.19. The first kappa shape index (κ1) is 9.53. The Kier molecular flexibility index (Phi) is 2.86. The number of aliphatic hydroxyl groups is 1. The van der Waals surface area contributed by atoms with Crippen molar-refractivity contribution in [2.24, 2.45) is 5.10 Å². The Morgan fingerprint density at radius 3 is 2.85 bits per heavy atom. The van der Waals surface area contributed by atoms with E-state index in [9.17, 15) is 4.79 Å². The molecular weight excluding hydrogens is 172 g/mol. The summed E-state index contributed by atoms with van der Waals surface area (Å²) in [6, 6.07) is 0. The summed E-state index contributed by atoms with van der Waals surface area (Å²) in [5, 5.41) is 18.0. The number of hydrogen-bond donors (Lipinski definition) is 4. The third kappa shape index (κ3) is 2.19. The standard InChI is InChI=1S/C7H12N4O2/c1-4(12)6-9-7(13)5(3-8-2)10-11-6/h3-4,8,10,12H,1-2H3,(H,9,11,13)/b5-3-. The van der Waals surface area contributed by atoms with Gasteiger partial charge in [-0.05, 0) is 6.92 Å². The molecule has 1 aliphatic heterocycles. The molecule has 0 aromatic rings. The lowest BCUT2D eigenvalue weighted by Gasteiger charge is -2.17. The minimum atomic E-state index is -0.785. The molecule has 6 nitrogen and oxygen atoms in total. The van der Waals surface area contributed by atoms with Crippen molar-refractivity contribution in [3.05, 3.63) is 11.9 Å². The SMILES string of the molecule is CN/C=C1\NN=C(C(C)O)NC1=O. The van der Waals surface area contributed by atoms with Crippen LogP contribution in [0.15, 0.2) is 17.0 Å². The lowest BCUT2D eigenvalue weighted by molar-refractivity contribution is -0.117. The van der Waals surface area contributed by atoms with Gasteiger partial charge in [0.05, 0.1) is 0 Å². The van der Waals surface area contributed by atoms with Gasteiger partial charge in [-0.15, -0.1) is 0 Å². The Balaban J connectivity index is 2.74. The molecule has 1 heterocycles. The highest BCUT2D eigenvalue weighted by Crippen LogP contribution is 1.96. The molecule has 0 saturated carbocycles. The lowest BCUT2D eigenvalue weighted by Crippen LogP contribution is -2.46. The molecule has 1 rings (SSSR count). The quantitative estimate of drug-likeness (QED) is 0.392. The van der Waals surface area contributed by atoms with Crippen LogP contribution in [0.1, 0.15) is 6.92 Å². The van der Waals surface area contributed by atoms with Gasteiger partial charge in [0.25, 0.3) is 5.91 Å². The summed E-state index contributed by atoms with van der Waals surface area (Å²) in [7, 11) is 1.68. The number of carbonyl (C=O) groups excluding carboxylic acids is 1. The van der Waals surface area contributed by atoms with E-state index in [1.165, 1.54) is 13.1 Å². The number of hydrazone groups is 1. The summed E-state index contributed by atoms with van der Waals surface area (Å²) in [6.07, 6.45) is 0.699. The van der Waals surface area contributed by atoms with Crippen molar-refractivity contribution in [1.82, 2.24) is 16.1 Å². The Labute approximate surface area is 75.7 Å². The number of rotatable bonds is 2. The molecule has 4 N–H and O–H groups in total. The molecule has 1 aliphatic rings. The van der Waals surface area contributed by atoms with Gasteiger partial charge in [0.2, 0.25) is 0 Å². The van der Waals surface area contributed by atoms with E-state index in [0.29, 0.717) is 5.70 Å². The van der Waals surface area contributed by atoms with Gasteiger partial charge >= 0.3 is 0 Å². The number of nitrogens with one attached hydrogen (secondary N) is 3. The molecule has 0 aromatic heterocycles. The molecule has 1 amide bonds. The van der Waals surface area contributed by atoms with E-state index in [1.807, 2.05) is 0 Å². The molecule has 72 valence electrons.